The zero-order chi connectivity index (χ0) is 22.9. The van der Waals surface area contributed by atoms with Crippen molar-refractivity contribution in [1.29, 1.82) is 0 Å². The molecule has 0 spiro atoms. The van der Waals surface area contributed by atoms with Crippen LogP contribution in [0.25, 0.3) is 0 Å². The summed E-state index contributed by atoms with van der Waals surface area (Å²) in [5.41, 5.74) is 10.3. The molecule has 0 saturated carbocycles. The number of nitrogens with two attached hydrogens (primary N) is 2. The predicted molar refractivity (Wildman–Crippen MR) is 109 cm³/mol. The standard InChI is InChI=1S/C20H24F3N5O3/c21-20(22,23)13-26-18(25)28-15-9-11-31-19(12-15,17(24)30)10-5-4-8-16(29)27-14-6-2-1-3-7-14/h1-3,6-7,9,11-12H,4-5,8,10,13H2,(H2,24,30)(H,27,29)(H3,25,26,28). The Hall–Kier alpha value is -3.50. The first-order chi connectivity index (χ1) is 14.6. The van der Waals surface area contributed by atoms with Gasteiger partial charge in [0.15, 0.2) is 5.96 Å². The fraction of sp³-hybridized carbons (Fsp3) is 0.350. The van der Waals surface area contributed by atoms with Gasteiger partial charge in [-0.1, -0.05) is 18.2 Å². The molecule has 1 atom stereocenters. The Morgan fingerprint density at radius 2 is 1.81 bits per heavy atom. The topological polar surface area (TPSA) is 132 Å². The monoisotopic (exact) mass is 439 g/mol. The van der Waals surface area contributed by atoms with Crippen LogP contribution >= 0.6 is 0 Å². The van der Waals surface area contributed by atoms with Gasteiger partial charge in [0.2, 0.25) is 11.5 Å². The van der Waals surface area contributed by atoms with Gasteiger partial charge < -0.3 is 26.8 Å². The minimum Gasteiger partial charge on any atom is -0.481 e. The number of primary amides is 1. The van der Waals surface area contributed by atoms with E-state index in [0.717, 1.165) is 0 Å². The molecule has 8 nitrogen and oxygen atoms in total. The number of hydrogen-bond donors (Lipinski definition) is 4. The summed E-state index contributed by atoms with van der Waals surface area (Å²) in [6.45, 7) is -1.44. The lowest BCUT2D eigenvalue weighted by atomic mass is 9.92. The summed E-state index contributed by atoms with van der Waals surface area (Å²) >= 11 is 0. The largest absolute Gasteiger partial charge is 0.481 e. The van der Waals surface area contributed by atoms with E-state index in [1.807, 2.05) is 6.07 Å². The molecule has 1 aliphatic rings. The summed E-state index contributed by atoms with van der Waals surface area (Å²) in [4.78, 5) is 27.2. The van der Waals surface area contributed by atoms with Crippen molar-refractivity contribution in [3.63, 3.8) is 0 Å². The van der Waals surface area contributed by atoms with E-state index in [4.69, 9.17) is 16.2 Å². The van der Waals surface area contributed by atoms with E-state index in [2.05, 4.69) is 15.6 Å². The number of halogens is 3. The summed E-state index contributed by atoms with van der Waals surface area (Å²) in [6, 6.07) is 8.98. The summed E-state index contributed by atoms with van der Waals surface area (Å²) in [5.74, 6) is -1.42. The summed E-state index contributed by atoms with van der Waals surface area (Å²) in [5, 5.41) is 5.25. The van der Waals surface area contributed by atoms with Crippen molar-refractivity contribution in [1.82, 2.24) is 5.32 Å². The SMILES string of the molecule is NC(=O)C1(CCCCC(=O)Nc2ccccc2)C=C(NC(N)=NCC(F)(F)F)C=CO1. The molecule has 1 aromatic rings. The van der Waals surface area contributed by atoms with Crippen LogP contribution < -0.4 is 22.1 Å². The number of carbonyl (C=O) groups excluding carboxylic acids is 2. The highest BCUT2D eigenvalue weighted by Crippen LogP contribution is 2.27. The van der Waals surface area contributed by atoms with Gasteiger partial charge >= 0.3 is 6.18 Å². The Balaban J connectivity index is 1.91. The number of guanidine groups is 1. The lowest BCUT2D eigenvalue weighted by Gasteiger charge is -2.30. The van der Waals surface area contributed by atoms with Gasteiger partial charge in [-0.2, -0.15) is 13.2 Å². The molecule has 0 aliphatic carbocycles. The number of nitrogens with zero attached hydrogens (tertiary/aromatic N) is 1. The van der Waals surface area contributed by atoms with Crippen LogP contribution in [0.5, 0.6) is 0 Å². The normalized spacial score (nSPS) is 18.7. The number of hydrogen-bond acceptors (Lipinski definition) is 4. The summed E-state index contributed by atoms with van der Waals surface area (Å²) in [7, 11) is 0. The maximum atomic E-state index is 12.2. The Kier molecular flexibility index (Phi) is 8.06. The first-order valence-electron chi connectivity index (χ1n) is 9.45. The van der Waals surface area contributed by atoms with Gasteiger partial charge in [-0.15, -0.1) is 0 Å². The van der Waals surface area contributed by atoms with Crippen molar-refractivity contribution in [2.45, 2.75) is 37.5 Å². The van der Waals surface area contributed by atoms with Crippen molar-refractivity contribution in [3.05, 3.63) is 54.4 Å². The van der Waals surface area contributed by atoms with Crippen molar-refractivity contribution >= 4 is 23.5 Å². The van der Waals surface area contributed by atoms with Gasteiger partial charge in [-0.25, -0.2) is 4.99 Å². The molecular formula is C20H24F3N5O3. The van der Waals surface area contributed by atoms with Crippen molar-refractivity contribution in [2.24, 2.45) is 16.5 Å². The number of alkyl halides is 3. The Bertz CT molecular complexity index is 869. The number of aliphatic imine (C=N–C) groups is 1. The van der Waals surface area contributed by atoms with E-state index in [-0.39, 0.29) is 24.4 Å². The molecule has 6 N–H and O–H groups in total. The van der Waals surface area contributed by atoms with Crippen LogP contribution in [0.1, 0.15) is 25.7 Å². The van der Waals surface area contributed by atoms with Crippen LogP contribution in [-0.4, -0.2) is 36.1 Å². The third-order valence-corrected chi connectivity index (χ3v) is 4.29. The molecule has 0 saturated heterocycles. The average Bonchev–Trinajstić information content (AvgIpc) is 2.70. The van der Waals surface area contributed by atoms with E-state index in [0.29, 0.717) is 18.5 Å². The van der Waals surface area contributed by atoms with Crippen LogP contribution in [-0.2, 0) is 14.3 Å². The van der Waals surface area contributed by atoms with Gasteiger partial charge in [0.05, 0.1) is 6.26 Å². The molecule has 1 aliphatic heterocycles. The Labute approximate surface area is 177 Å². The van der Waals surface area contributed by atoms with Crippen LogP contribution in [0, 0.1) is 0 Å². The number of anilines is 1. The van der Waals surface area contributed by atoms with E-state index < -0.39 is 30.2 Å². The molecule has 1 unspecified atom stereocenters. The molecular weight excluding hydrogens is 415 g/mol. The van der Waals surface area contributed by atoms with Crippen LogP contribution in [0.15, 0.2) is 59.4 Å². The lowest BCUT2D eigenvalue weighted by molar-refractivity contribution is -0.133. The Morgan fingerprint density at radius 3 is 2.45 bits per heavy atom. The van der Waals surface area contributed by atoms with Crippen LogP contribution in [0.3, 0.4) is 0 Å². The van der Waals surface area contributed by atoms with Crippen molar-refractivity contribution in [2.75, 3.05) is 11.9 Å². The molecule has 168 valence electrons. The summed E-state index contributed by atoms with van der Waals surface area (Å²) in [6.07, 6.45) is 0.719. The maximum Gasteiger partial charge on any atom is 0.408 e. The molecule has 1 heterocycles. The molecule has 2 rings (SSSR count). The van der Waals surface area contributed by atoms with E-state index in [1.54, 1.807) is 24.3 Å². The fourth-order valence-electron chi connectivity index (χ4n) is 2.80. The number of unbranched alkanes of at least 4 members (excludes halogenated alkanes) is 1. The van der Waals surface area contributed by atoms with Crippen molar-refractivity contribution < 1.29 is 27.5 Å². The van der Waals surface area contributed by atoms with Crippen LogP contribution in [0.2, 0.25) is 0 Å². The number of para-hydroxylation sites is 1. The van der Waals surface area contributed by atoms with E-state index in [9.17, 15) is 22.8 Å². The smallest absolute Gasteiger partial charge is 0.408 e. The first kappa shape index (κ1) is 23.8. The van der Waals surface area contributed by atoms with E-state index >= 15 is 0 Å². The van der Waals surface area contributed by atoms with Crippen molar-refractivity contribution in [3.8, 4) is 0 Å². The number of carbonyl (C=O) groups is 2. The highest BCUT2D eigenvalue weighted by atomic mass is 19.4. The highest BCUT2D eigenvalue weighted by molar-refractivity contribution is 5.90. The van der Waals surface area contributed by atoms with Crippen LogP contribution in [0.4, 0.5) is 18.9 Å². The maximum absolute atomic E-state index is 12.2. The number of allylic oxidation sites excluding steroid dienone is 1. The molecule has 0 aromatic heterocycles. The zero-order valence-electron chi connectivity index (χ0n) is 16.6. The highest BCUT2D eigenvalue weighted by Gasteiger charge is 2.37. The number of nitrogens with one attached hydrogen (secondary N) is 2. The molecule has 0 radical (unpaired) electrons. The van der Waals surface area contributed by atoms with Gasteiger partial charge in [0.25, 0.3) is 5.91 Å². The number of rotatable bonds is 9. The van der Waals surface area contributed by atoms with Gasteiger partial charge in [0, 0.05) is 24.2 Å². The molecule has 31 heavy (non-hydrogen) atoms. The predicted octanol–water partition coefficient (Wildman–Crippen LogP) is 2.30. The third-order valence-electron chi connectivity index (χ3n) is 4.29. The average molecular weight is 439 g/mol. The molecule has 0 fully saturated rings. The summed E-state index contributed by atoms with van der Waals surface area (Å²) < 4.78 is 42.2. The van der Waals surface area contributed by atoms with Gasteiger partial charge in [-0.05, 0) is 37.1 Å². The van der Waals surface area contributed by atoms with Gasteiger partial charge in [0.1, 0.15) is 6.54 Å². The minimum absolute atomic E-state index is 0.163. The minimum atomic E-state index is -4.49. The second-order valence-electron chi connectivity index (χ2n) is 6.84. The second-order valence-corrected chi connectivity index (χ2v) is 6.84. The lowest BCUT2D eigenvalue weighted by Crippen LogP contribution is -2.46. The number of amides is 2. The quantitative estimate of drug-likeness (QED) is 0.266. The number of benzene rings is 1. The molecule has 0 bridgehead atoms. The molecule has 2 amide bonds. The second kappa shape index (κ2) is 10.5. The fourth-order valence-corrected chi connectivity index (χ4v) is 2.80. The third kappa shape index (κ3) is 8.03. The Morgan fingerprint density at radius 1 is 1.10 bits per heavy atom. The zero-order valence-corrected chi connectivity index (χ0v) is 16.6. The van der Waals surface area contributed by atoms with Gasteiger partial charge in [-0.3, -0.25) is 9.59 Å². The molecule has 11 heteroatoms. The van der Waals surface area contributed by atoms with E-state index in [1.165, 1.54) is 18.4 Å². The first-order valence-corrected chi connectivity index (χ1v) is 9.45. The molecule has 1 aromatic carbocycles. The number of ether oxygens (including phenoxy) is 1.